The van der Waals surface area contributed by atoms with Crippen molar-refractivity contribution in [1.82, 2.24) is 0 Å². The van der Waals surface area contributed by atoms with Gasteiger partial charge >= 0.3 is 5.97 Å². The molecule has 0 aliphatic carbocycles. The fourth-order valence-corrected chi connectivity index (χ4v) is 1.39. The van der Waals surface area contributed by atoms with Crippen molar-refractivity contribution in [2.45, 2.75) is 19.8 Å². The van der Waals surface area contributed by atoms with Gasteiger partial charge in [-0.05, 0) is 38.1 Å². The Morgan fingerprint density at radius 3 is 2.41 bits per heavy atom. The largest absolute Gasteiger partial charge is 0.481 e. The zero-order chi connectivity index (χ0) is 13.7. The Morgan fingerprint density at radius 1 is 1.47 bits per heavy atom. The average molecular weight is 304 g/mol. The van der Waals surface area contributed by atoms with Gasteiger partial charge in [0.2, 0.25) is 0 Å². The molecule has 5 heteroatoms. The topological polar surface area (TPSA) is 80.4 Å². The number of benzene rings is 1. The number of rotatable bonds is 3. The molecule has 3 N–H and O–H groups in total. The van der Waals surface area contributed by atoms with Crippen molar-refractivity contribution in [3.63, 3.8) is 0 Å². The lowest BCUT2D eigenvalue weighted by molar-refractivity contribution is -0.136. The molecular formula is C12H18BrNO3. The summed E-state index contributed by atoms with van der Waals surface area (Å²) in [5, 5.41) is 8.43. The third-order valence-electron chi connectivity index (χ3n) is 1.52. The molecule has 0 aliphatic rings. The van der Waals surface area contributed by atoms with E-state index < -0.39 is 5.97 Å². The van der Waals surface area contributed by atoms with Gasteiger partial charge < -0.3 is 15.6 Å². The molecule has 0 fully saturated rings. The van der Waals surface area contributed by atoms with Gasteiger partial charge in [-0.25, -0.2) is 0 Å². The summed E-state index contributed by atoms with van der Waals surface area (Å²) in [6.45, 7) is 1.44. The molecule has 1 rings (SSSR count). The second-order valence-electron chi connectivity index (χ2n) is 2.76. The van der Waals surface area contributed by atoms with E-state index in [1.165, 1.54) is 14.0 Å². The normalized spacial score (nSPS) is 8.00. The number of hydrogen-bond acceptors (Lipinski definition) is 3. The lowest BCUT2D eigenvalue weighted by Gasteiger charge is -1.98. The molecule has 96 valence electrons. The summed E-state index contributed by atoms with van der Waals surface area (Å²) in [4.78, 5) is 19.1. The van der Waals surface area contributed by atoms with Crippen LogP contribution in [0.1, 0.15) is 18.9 Å². The van der Waals surface area contributed by atoms with Crippen LogP contribution in [0.3, 0.4) is 0 Å². The van der Waals surface area contributed by atoms with Crippen LogP contribution in [0.25, 0.3) is 0 Å². The van der Waals surface area contributed by atoms with E-state index in [2.05, 4.69) is 21.7 Å². The van der Waals surface area contributed by atoms with Gasteiger partial charge in [0.15, 0.2) is 0 Å². The molecule has 0 spiro atoms. The zero-order valence-electron chi connectivity index (χ0n) is 10.0. The maximum absolute atomic E-state index is 10.2. The van der Waals surface area contributed by atoms with Crippen LogP contribution in [-0.4, -0.2) is 24.4 Å². The third kappa shape index (κ3) is 12.7. The molecule has 0 atom stereocenters. The van der Waals surface area contributed by atoms with Crippen molar-refractivity contribution in [3.05, 3.63) is 34.3 Å². The Labute approximate surface area is 110 Å². The number of carbonyl (C=O) groups is 2. The van der Waals surface area contributed by atoms with Crippen molar-refractivity contribution in [1.29, 1.82) is 0 Å². The highest BCUT2D eigenvalue weighted by Gasteiger charge is 1.98. The highest BCUT2D eigenvalue weighted by molar-refractivity contribution is 9.10. The average Bonchev–Trinajstić information content (AvgIpc) is 2.30. The molecule has 0 unspecified atom stereocenters. The monoisotopic (exact) mass is 303 g/mol. The van der Waals surface area contributed by atoms with E-state index in [-0.39, 0.29) is 6.42 Å². The van der Waals surface area contributed by atoms with Gasteiger partial charge in [-0.15, -0.1) is 0 Å². The van der Waals surface area contributed by atoms with Crippen molar-refractivity contribution in [3.8, 4) is 0 Å². The Hall–Kier alpha value is -1.20. The van der Waals surface area contributed by atoms with Crippen LogP contribution >= 0.6 is 15.9 Å². The number of carboxylic acid groups (broad SMARTS) is 1. The van der Waals surface area contributed by atoms with Gasteiger partial charge in [-0.3, -0.25) is 4.79 Å². The van der Waals surface area contributed by atoms with Gasteiger partial charge in [0.25, 0.3) is 0 Å². The standard InChI is InChI=1S/C9H9BrO2.C2H4O.CH5N/c10-8-3-1-2-7(6-8)4-5-9(11)12;1-2-3;1-2/h1-3,6H,4-5H2,(H,11,12);2H,1H3;2H2,1H3. The van der Waals surface area contributed by atoms with Gasteiger partial charge in [0.05, 0.1) is 0 Å². The molecule has 0 heterocycles. The first-order valence-electron chi connectivity index (χ1n) is 5.04. The first kappa shape index (κ1) is 18.2. The van der Waals surface area contributed by atoms with Crippen LogP contribution in [0.5, 0.6) is 0 Å². The fourth-order valence-electron chi connectivity index (χ4n) is 0.944. The summed E-state index contributed by atoms with van der Waals surface area (Å²) >= 11 is 3.32. The van der Waals surface area contributed by atoms with E-state index in [0.717, 1.165) is 16.3 Å². The number of hydrogen-bond donors (Lipinski definition) is 2. The van der Waals surface area contributed by atoms with Gasteiger partial charge in [-0.1, -0.05) is 28.1 Å². The van der Waals surface area contributed by atoms with Crippen molar-refractivity contribution in [2.24, 2.45) is 5.73 Å². The molecule has 0 radical (unpaired) electrons. The summed E-state index contributed by atoms with van der Waals surface area (Å²) in [5.41, 5.74) is 5.55. The van der Waals surface area contributed by atoms with Crippen LogP contribution < -0.4 is 5.73 Å². The summed E-state index contributed by atoms with van der Waals surface area (Å²) in [5.74, 6) is -0.755. The molecule has 1 aromatic rings. The number of aryl methyl sites for hydroxylation is 1. The molecule has 17 heavy (non-hydrogen) atoms. The molecular weight excluding hydrogens is 286 g/mol. The Morgan fingerprint density at radius 2 is 2.00 bits per heavy atom. The molecule has 0 aromatic heterocycles. The number of aldehydes is 1. The summed E-state index contributed by atoms with van der Waals surface area (Å²) < 4.78 is 0.991. The predicted molar refractivity (Wildman–Crippen MR) is 71.9 cm³/mol. The van der Waals surface area contributed by atoms with Crippen LogP contribution in [0.4, 0.5) is 0 Å². The van der Waals surface area contributed by atoms with Crippen molar-refractivity contribution >= 4 is 28.2 Å². The fraction of sp³-hybridized carbons (Fsp3) is 0.333. The lowest BCUT2D eigenvalue weighted by Crippen LogP contribution is -1.96. The van der Waals surface area contributed by atoms with Gasteiger partial charge in [0, 0.05) is 10.9 Å². The Kier molecular flexibility index (Phi) is 13.8. The van der Waals surface area contributed by atoms with E-state index in [1.54, 1.807) is 0 Å². The Balaban J connectivity index is 0. The van der Waals surface area contributed by atoms with E-state index >= 15 is 0 Å². The summed E-state index contributed by atoms with van der Waals surface area (Å²) in [7, 11) is 1.50. The van der Waals surface area contributed by atoms with E-state index in [0.29, 0.717) is 6.42 Å². The molecule has 0 saturated carbocycles. The minimum atomic E-state index is -0.755. The zero-order valence-corrected chi connectivity index (χ0v) is 11.6. The number of carbonyl (C=O) groups excluding carboxylic acids is 1. The van der Waals surface area contributed by atoms with E-state index in [4.69, 9.17) is 9.90 Å². The maximum atomic E-state index is 10.2. The quantitative estimate of drug-likeness (QED) is 0.839. The second-order valence-corrected chi connectivity index (χ2v) is 3.68. The van der Waals surface area contributed by atoms with Crippen LogP contribution in [0.2, 0.25) is 0 Å². The van der Waals surface area contributed by atoms with Crippen molar-refractivity contribution < 1.29 is 14.7 Å². The maximum Gasteiger partial charge on any atom is 0.303 e. The molecule has 0 aliphatic heterocycles. The molecule has 4 nitrogen and oxygen atoms in total. The minimum absolute atomic E-state index is 0.191. The SMILES string of the molecule is CC=O.CN.O=C(O)CCc1cccc(Br)c1. The van der Waals surface area contributed by atoms with Crippen molar-refractivity contribution in [2.75, 3.05) is 7.05 Å². The summed E-state index contributed by atoms with van der Waals surface area (Å²) in [6, 6.07) is 7.68. The van der Waals surface area contributed by atoms with Crippen LogP contribution in [0.15, 0.2) is 28.7 Å². The van der Waals surface area contributed by atoms with E-state index in [1.807, 2.05) is 24.3 Å². The predicted octanol–water partition coefficient (Wildman–Crippen LogP) is 2.25. The third-order valence-corrected chi connectivity index (χ3v) is 2.01. The number of halogens is 1. The number of aliphatic carboxylic acids is 1. The smallest absolute Gasteiger partial charge is 0.303 e. The van der Waals surface area contributed by atoms with Gasteiger partial charge in [0.1, 0.15) is 6.29 Å². The highest BCUT2D eigenvalue weighted by Crippen LogP contribution is 2.12. The second kappa shape index (κ2) is 12.9. The molecule has 0 amide bonds. The number of nitrogens with two attached hydrogens (primary N) is 1. The van der Waals surface area contributed by atoms with Crippen LogP contribution in [0, 0.1) is 0 Å². The first-order chi connectivity index (χ1) is 8.10. The van der Waals surface area contributed by atoms with E-state index in [9.17, 15) is 4.79 Å². The van der Waals surface area contributed by atoms with Gasteiger partial charge in [-0.2, -0.15) is 0 Å². The molecule has 0 bridgehead atoms. The molecule has 1 aromatic carbocycles. The number of carboxylic acids is 1. The highest BCUT2D eigenvalue weighted by atomic mass is 79.9. The Bertz CT molecular complexity index is 329. The minimum Gasteiger partial charge on any atom is -0.481 e. The first-order valence-corrected chi connectivity index (χ1v) is 5.83. The van der Waals surface area contributed by atoms with Crippen LogP contribution in [-0.2, 0) is 16.0 Å². The molecule has 0 saturated heterocycles. The summed E-state index contributed by atoms with van der Waals surface area (Å²) in [6.07, 6.45) is 1.53. The lowest BCUT2D eigenvalue weighted by atomic mass is 10.1.